The van der Waals surface area contributed by atoms with E-state index in [2.05, 4.69) is 32.0 Å². The summed E-state index contributed by atoms with van der Waals surface area (Å²) in [6.45, 7) is 3.99. The zero-order valence-corrected chi connectivity index (χ0v) is 17.0. The first kappa shape index (κ1) is 20.7. The van der Waals surface area contributed by atoms with E-state index < -0.39 is 9.84 Å². The van der Waals surface area contributed by atoms with E-state index in [1.807, 2.05) is 20.0 Å². The van der Waals surface area contributed by atoms with Crippen molar-refractivity contribution in [3.8, 4) is 0 Å². The Hall–Kier alpha value is -1.61. The summed E-state index contributed by atoms with van der Waals surface area (Å²) in [5.41, 5.74) is 0. The predicted octanol–water partition coefficient (Wildman–Crippen LogP) is 0.881. The second-order valence-electron chi connectivity index (χ2n) is 6.40. The quantitative estimate of drug-likeness (QED) is 0.499. The molecular weight excluding hydrogens is 372 g/mol. The standard InChI is InChI=1S/C17H28N4O3S2/c1-3-18-17(21(2)10-7-15-5-4-11-25-15)19-9-6-16(22)20-14-8-12-26(23,24)13-14/h4-5,11,14H,3,6-10,12-13H2,1-2H3,(H,18,19)(H,20,22). The van der Waals surface area contributed by atoms with Gasteiger partial charge in [-0.1, -0.05) is 6.07 Å². The smallest absolute Gasteiger partial charge is 0.222 e. The molecule has 146 valence electrons. The van der Waals surface area contributed by atoms with E-state index in [1.165, 1.54) is 4.88 Å². The molecule has 0 spiro atoms. The molecule has 1 fully saturated rings. The van der Waals surface area contributed by atoms with Crippen molar-refractivity contribution < 1.29 is 13.2 Å². The van der Waals surface area contributed by atoms with E-state index >= 15 is 0 Å². The van der Waals surface area contributed by atoms with E-state index in [0.717, 1.165) is 25.5 Å². The number of hydrogen-bond acceptors (Lipinski definition) is 5. The zero-order chi connectivity index (χ0) is 19.0. The van der Waals surface area contributed by atoms with Crippen LogP contribution < -0.4 is 10.6 Å². The fourth-order valence-electron chi connectivity index (χ4n) is 2.78. The lowest BCUT2D eigenvalue weighted by Gasteiger charge is -2.21. The largest absolute Gasteiger partial charge is 0.357 e. The summed E-state index contributed by atoms with van der Waals surface area (Å²) in [6.07, 6.45) is 1.71. The Labute approximate surface area is 159 Å². The van der Waals surface area contributed by atoms with Crippen molar-refractivity contribution in [3.63, 3.8) is 0 Å². The Morgan fingerprint density at radius 3 is 2.88 bits per heavy atom. The number of amides is 1. The van der Waals surface area contributed by atoms with Gasteiger partial charge in [0.2, 0.25) is 5.91 Å². The van der Waals surface area contributed by atoms with Gasteiger partial charge >= 0.3 is 0 Å². The van der Waals surface area contributed by atoms with Gasteiger partial charge in [0.15, 0.2) is 15.8 Å². The molecule has 0 radical (unpaired) electrons. The number of sulfone groups is 1. The van der Waals surface area contributed by atoms with Crippen LogP contribution >= 0.6 is 11.3 Å². The molecule has 2 rings (SSSR count). The maximum absolute atomic E-state index is 12.0. The van der Waals surface area contributed by atoms with Crippen molar-refractivity contribution in [1.82, 2.24) is 15.5 Å². The molecule has 1 aromatic heterocycles. The lowest BCUT2D eigenvalue weighted by molar-refractivity contribution is -0.121. The number of rotatable bonds is 8. The van der Waals surface area contributed by atoms with Crippen LogP contribution in [-0.2, 0) is 21.1 Å². The maximum atomic E-state index is 12.0. The van der Waals surface area contributed by atoms with Crippen molar-refractivity contribution >= 4 is 33.0 Å². The average molecular weight is 401 g/mol. The SMILES string of the molecule is CCNC(=NCCC(=O)NC1CCS(=O)(=O)C1)N(C)CCc1cccs1. The third-order valence-corrected chi connectivity index (χ3v) is 6.87. The van der Waals surface area contributed by atoms with Crippen molar-refractivity contribution in [2.24, 2.45) is 4.99 Å². The van der Waals surface area contributed by atoms with Gasteiger partial charge in [-0.3, -0.25) is 9.79 Å². The lowest BCUT2D eigenvalue weighted by atomic mass is 10.2. The second-order valence-corrected chi connectivity index (χ2v) is 9.67. The third-order valence-electron chi connectivity index (χ3n) is 4.17. The molecule has 1 aromatic rings. The van der Waals surface area contributed by atoms with Crippen LogP contribution in [0.3, 0.4) is 0 Å². The van der Waals surface area contributed by atoms with E-state index in [4.69, 9.17) is 0 Å². The van der Waals surface area contributed by atoms with Crippen LogP contribution in [0.2, 0.25) is 0 Å². The van der Waals surface area contributed by atoms with Crippen molar-refractivity contribution in [2.75, 3.05) is 38.2 Å². The lowest BCUT2D eigenvalue weighted by Crippen LogP contribution is -2.40. The van der Waals surface area contributed by atoms with Crippen LogP contribution in [0.5, 0.6) is 0 Å². The van der Waals surface area contributed by atoms with Crippen LogP contribution in [0.15, 0.2) is 22.5 Å². The van der Waals surface area contributed by atoms with Crippen LogP contribution in [-0.4, -0.2) is 69.4 Å². The summed E-state index contributed by atoms with van der Waals surface area (Å²) < 4.78 is 22.9. The summed E-state index contributed by atoms with van der Waals surface area (Å²) in [6, 6.07) is 3.92. The van der Waals surface area contributed by atoms with Gasteiger partial charge in [-0.25, -0.2) is 8.42 Å². The highest BCUT2D eigenvalue weighted by Crippen LogP contribution is 2.11. The van der Waals surface area contributed by atoms with Crippen LogP contribution in [0, 0.1) is 0 Å². The Balaban J connectivity index is 1.77. The third kappa shape index (κ3) is 6.95. The Bertz CT molecular complexity index is 702. The second kappa shape index (κ2) is 9.91. The van der Waals surface area contributed by atoms with Crippen LogP contribution in [0.25, 0.3) is 0 Å². The summed E-state index contributed by atoms with van der Waals surface area (Å²) in [5, 5.41) is 8.10. The molecule has 1 unspecified atom stereocenters. The molecule has 26 heavy (non-hydrogen) atoms. The highest BCUT2D eigenvalue weighted by Gasteiger charge is 2.28. The minimum absolute atomic E-state index is 0.0517. The topological polar surface area (TPSA) is 90.9 Å². The molecule has 0 bridgehead atoms. The minimum atomic E-state index is -2.98. The minimum Gasteiger partial charge on any atom is -0.357 e. The van der Waals surface area contributed by atoms with Gasteiger partial charge in [0.25, 0.3) is 0 Å². The zero-order valence-electron chi connectivity index (χ0n) is 15.4. The molecule has 0 aliphatic carbocycles. The molecule has 1 saturated heterocycles. The number of carbonyl (C=O) groups excluding carboxylic acids is 1. The highest BCUT2D eigenvalue weighted by atomic mass is 32.2. The van der Waals surface area contributed by atoms with Gasteiger partial charge in [0, 0.05) is 37.5 Å². The summed E-state index contributed by atoms with van der Waals surface area (Å²) in [5.74, 6) is 0.847. The van der Waals surface area contributed by atoms with E-state index in [9.17, 15) is 13.2 Å². The summed E-state index contributed by atoms with van der Waals surface area (Å²) >= 11 is 1.74. The normalized spacial score (nSPS) is 19.3. The van der Waals surface area contributed by atoms with Crippen LogP contribution in [0.4, 0.5) is 0 Å². The number of hydrogen-bond donors (Lipinski definition) is 2. The number of nitrogens with zero attached hydrogens (tertiary/aromatic N) is 2. The molecule has 1 amide bonds. The Morgan fingerprint density at radius 1 is 1.46 bits per heavy atom. The van der Waals surface area contributed by atoms with E-state index in [1.54, 1.807) is 11.3 Å². The molecule has 7 nitrogen and oxygen atoms in total. The monoisotopic (exact) mass is 400 g/mol. The molecule has 2 N–H and O–H groups in total. The van der Waals surface area contributed by atoms with Crippen LogP contribution in [0.1, 0.15) is 24.6 Å². The number of guanidine groups is 1. The summed E-state index contributed by atoms with van der Waals surface area (Å²) in [7, 11) is -0.992. The number of thiophene rings is 1. The molecule has 2 heterocycles. The number of carbonyl (C=O) groups is 1. The highest BCUT2D eigenvalue weighted by molar-refractivity contribution is 7.91. The van der Waals surface area contributed by atoms with Crippen molar-refractivity contribution in [2.45, 2.75) is 32.2 Å². The van der Waals surface area contributed by atoms with Gasteiger partial charge in [0.05, 0.1) is 18.1 Å². The predicted molar refractivity (Wildman–Crippen MR) is 106 cm³/mol. The Morgan fingerprint density at radius 2 is 2.27 bits per heavy atom. The number of nitrogens with one attached hydrogen (secondary N) is 2. The van der Waals surface area contributed by atoms with Crippen molar-refractivity contribution in [1.29, 1.82) is 0 Å². The number of likely N-dealkylation sites (N-methyl/N-ethyl adjacent to an activating group) is 1. The van der Waals surface area contributed by atoms with Gasteiger partial charge in [-0.15, -0.1) is 11.3 Å². The first-order valence-corrected chi connectivity index (χ1v) is 11.6. The van der Waals surface area contributed by atoms with E-state index in [-0.39, 0.29) is 29.9 Å². The molecule has 0 aromatic carbocycles. The van der Waals surface area contributed by atoms with E-state index in [0.29, 0.717) is 13.0 Å². The number of aliphatic imine (C=N–C) groups is 1. The fraction of sp³-hybridized carbons (Fsp3) is 0.647. The van der Waals surface area contributed by atoms with Gasteiger partial charge in [-0.05, 0) is 31.2 Å². The molecule has 1 atom stereocenters. The van der Waals surface area contributed by atoms with Crippen molar-refractivity contribution in [3.05, 3.63) is 22.4 Å². The van der Waals surface area contributed by atoms with Gasteiger partial charge < -0.3 is 15.5 Å². The first-order valence-electron chi connectivity index (χ1n) is 8.91. The molecule has 1 aliphatic rings. The summed E-state index contributed by atoms with van der Waals surface area (Å²) in [4.78, 5) is 19.9. The molecular formula is C17H28N4O3S2. The molecule has 1 aliphatic heterocycles. The molecule has 9 heteroatoms. The first-order chi connectivity index (χ1) is 12.4. The van der Waals surface area contributed by atoms with Gasteiger partial charge in [-0.2, -0.15) is 0 Å². The van der Waals surface area contributed by atoms with Gasteiger partial charge in [0.1, 0.15) is 0 Å². The fourth-order valence-corrected chi connectivity index (χ4v) is 5.15. The maximum Gasteiger partial charge on any atom is 0.222 e. The molecule has 0 saturated carbocycles. The average Bonchev–Trinajstić information content (AvgIpc) is 3.21. The Kier molecular flexibility index (Phi) is 7.89.